The van der Waals surface area contributed by atoms with E-state index in [4.69, 9.17) is 20.3 Å². The van der Waals surface area contributed by atoms with Crippen molar-refractivity contribution in [1.82, 2.24) is 19.5 Å². The summed E-state index contributed by atoms with van der Waals surface area (Å²) < 4.78 is 32.1. The van der Waals surface area contributed by atoms with Crippen LogP contribution in [-0.2, 0) is 17.3 Å². The lowest BCUT2D eigenvalue weighted by Crippen LogP contribution is -2.05. The number of halogens is 1. The second-order valence-corrected chi connectivity index (χ2v) is 7.30. The zero-order valence-electron chi connectivity index (χ0n) is 13.6. The van der Waals surface area contributed by atoms with Gasteiger partial charge in [-0.1, -0.05) is 6.07 Å². The highest BCUT2D eigenvalue weighted by Gasteiger charge is 2.15. The van der Waals surface area contributed by atoms with Crippen LogP contribution in [0.15, 0.2) is 30.9 Å². The van der Waals surface area contributed by atoms with Crippen molar-refractivity contribution in [2.75, 3.05) is 12.3 Å². The summed E-state index contributed by atoms with van der Waals surface area (Å²) >= 11 is 0. The van der Waals surface area contributed by atoms with Crippen molar-refractivity contribution in [1.29, 1.82) is 0 Å². The number of hydrogen-bond donors (Lipinski definition) is 3. The molecule has 0 aliphatic carbocycles. The Labute approximate surface area is 147 Å². The molecule has 0 fully saturated rings. The molecule has 3 rings (SSSR count). The van der Waals surface area contributed by atoms with Crippen LogP contribution in [0.5, 0.6) is 5.75 Å². The number of anilines is 1. The van der Waals surface area contributed by atoms with Gasteiger partial charge in [0.2, 0.25) is 0 Å². The van der Waals surface area contributed by atoms with E-state index in [1.807, 2.05) is 0 Å². The maximum atomic E-state index is 14.0. The number of hydrogen-bond acceptors (Lipinski definition) is 6. The molecule has 0 saturated carbocycles. The number of rotatable bonds is 7. The summed E-state index contributed by atoms with van der Waals surface area (Å²) in [5.74, 6) is -0.325. The first kappa shape index (κ1) is 18.2. The van der Waals surface area contributed by atoms with Gasteiger partial charge in [0.1, 0.15) is 11.8 Å². The lowest BCUT2D eigenvalue weighted by molar-refractivity contribution is 0.288. The quantitative estimate of drug-likeness (QED) is 0.415. The van der Waals surface area contributed by atoms with Crippen molar-refractivity contribution in [3.05, 3.63) is 42.2 Å². The summed E-state index contributed by atoms with van der Waals surface area (Å²) in [6, 6.07) is 3.86. The van der Waals surface area contributed by atoms with Gasteiger partial charge in [-0.2, -0.15) is 0 Å². The van der Waals surface area contributed by atoms with Crippen molar-refractivity contribution in [2.24, 2.45) is 0 Å². The van der Waals surface area contributed by atoms with Crippen LogP contribution in [0.3, 0.4) is 0 Å². The molecule has 138 valence electrons. The molecule has 9 nitrogen and oxygen atoms in total. The van der Waals surface area contributed by atoms with Gasteiger partial charge in [0.05, 0.1) is 19.1 Å². The second kappa shape index (κ2) is 7.36. The zero-order chi connectivity index (χ0) is 18.7. The van der Waals surface area contributed by atoms with Gasteiger partial charge >= 0.3 is 7.60 Å². The van der Waals surface area contributed by atoms with Crippen LogP contribution in [0.4, 0.5) is 10.2 Å². The number of aromatic nitrogens is 4. The second-order valence-electron chi connectivity index (χ2n) is 5.66. The standard InChI is InChI=1S/C15H17FN5O4P/c16-11-6-10(7-26(22,23)24)2-3-12(11)25-5-1-4-21-9-20-13-14(17)18-8-19-15(13)21/h2-3,6,8-9H,1,4-5,7H2,(H2,17,18,19)(H2,22,23,24). The Morgan fingerprint density at radius 3 is 2.81 bits per heavy atom. The van der Waals surface area contributed by atoms with E-state index in [9.17, 15) is 8.96 Å². The fourth-order valence-electron chi connectivity index (χ4n) is 2.48. The van der Waals surface area contributed by atoms with Crippen molar-refractivity contribution in [3.63, 3.8) is 0 Å². The van der Waals surface area contributed by atoms with Gasteiger partial charge in [-0.3, -0.25) is 4.57 Å². The normalized spacial score (nSPS) is 11.8. The minimum Gasteiger partial charge on any atom is -0.490 e. The highest BCUT2D eigenvalue weighted by Crippen LogP contribution is 2.39. The Morgan fingerprint density at radius 1 is 1.27 bits per heavy atom. The molecule has 0 spiro atoms. The van der Waals surface area contributed by atoms with Crippen molar-refractivity contribution in [2.45, 2.75) is 19.1 Å². The molecule has 1 aromatic carbocycles. The van der Waals surface area contributed by atoms with E-state index in [1.165, 1.54) is 18.5 Å². The van der Waals surface area contributed by atoms with Crippen LogP contribution in [0.25, 0.3) is 11.2 Å². The highest BCUT2D eigenvalue weighted by atomic mass is 31.2. The fraction of sp³-hybridized carbons (Fsp3) is 0.267. The number of nitrogen functional groups attached to an aromatic ring is 1. The average Bonchev–Trinajstić information content (AvgIpc) is 2.96. The van der Waals surface area contributed by atoms with E-state index in [2.05, 4.69) is 15.0 Å². The van der Waals surface area contributed by atoms with E-state index < -0.39 is 19.6 Å². The predicted molar refractivity (Wildman–Crippen MR) is 92.0 cm³/mol. The van der Waals surface area contributed by atoms with Gasteiger partial charge in [0, 0.05) is 6.54 Å². The Morgan fingerprint density at radius 2 is 2.08 bits per heavy atom. The van der Waals surface area contributed by atoms with Crippen LogP contribution in [0, 0.1) is 5.82 Å². The van der Waals surface area contributed by atoms with E-state index in [0.717, 1.165) is 6.07 Å². The molecule has 0 amide bonds. The topological polar surface area (TPSA) is 136 Å². The van der Waals surface area contributed by atoms with E-state index in [1.54, 1.807) is 10.9 Å². The molecule has 0 saturated heterocycles. The van der Waals surface area contributed by atoms with Crippen LogP contribution < -0.4 is 10.5 Å². The number of nitrogens with zero attached hydrogens (tertiary/aromatic N) is 4. The van der Waals surface area contributed by atoms with Crippen LogP contribution in [0.1, 0.15) is 12.0 Å². The summed E-state index contributed by atoms with van der Waals surface area (Å²) in [5.41, 5.74) is 7.08. The molecule has 11 heteroatoms. The minimum absolute atomic E-state index is 0.0292. The maximum absolute atomic E-state index is 14.0. The van der Waals surface area contributed by atoms with Crippen LogP contribution >= 0.6 is 7.60 Å². The van der Waals surface area contributed by atoms with Crippen molar-refractivity contribution >= 4 is 24.6 Å². The number of aryl methyl sites for hydroxylation is 1. The molecule has 26 heavy (non-hydrogen) atoms. The number of fused-ring (bicyclic) bond motifs is 1. The first-order valence-corrected chi connectivity index (χ1v) is 9.50. The summed E-state index contributed by atoms with van der Waals surface area (Å²) in [6.07, 6.45) is 3.02. The van der Waals surface area contributed by atoms with Crippen molar-refractivity contribution < 1.29 is 23.5 Å². The Bertz CT molecular complexity index is 974. The van der Waals surface area contributed by atoms with Gasteiger partial charge in [0.25, 0.3) is 0 Å². The van der Waals surface area contributed by atoms with Crippen LogP contribution in [-0.4, -0.2) is 35.9 Å². The van der Waals surface area contributed by atoms with E-state index in [-0.39, 0.29) is 17.9 Å². The molecule has 0 unspecified atom stereocenters. The lowest BCUT2D eigenvalue weighted by Gasteiger charge is -2.10. The number of nitrogens with two attached hydrogens (primary N) is 1. The third kappa shape index (κ3) is 4.34. The molecule has 0 atom stereocenters. The average molecular weight is 381 g/mol. The molecule has 2 heterocycles. The summed E-state index contributed by atoms with van der Waals surface area (Å²) in [5, 5.41) is 0. The first-order valence-electron chi connectivity index (χ1n) is 7.70. The van der Waals surface area contributed by atoms with E-state index in [0.29, 0.717) is 29.9 Å². The smallest absolute Gasteiger partial charge is 0.329 e. The van der Waals surface area contributed by atoms with Crippen LogP contribution in [0.2, 0.25) is 0 Å². The van der Waals surface area contributed by atoms with Gasteiger partial charge in [-0.05, 0) is 24.1 Å². The van der Waals surface area contributed by atoms with Gasteiger partial charge in [-0.25, -0.2) is 19.3 Å². The highest BCUT2D eigenvalue weighted by molar-refractivity contribution is 7.50. The number of imidazole rings is 1. The summed E-state index contributed by atoms with van der Waals surface area (Å²) in [4.78, 5) is 30.0. The third-order valence-electron chi connectivity index (χ3n) is 3.62. The summed E-state index contributed by atoms with van der Waals surface area (Å²) in [6.45, 7) is 0.792. The SMILES string of the molecule is Nc1ncnc2c1ncn2CCCOc1ccc(CP(=O)(O)O)cc1F. The Hall–Kier alpha value is -2.55. The predicted octanol–water partition coefficient (Wildman–Crippen LogP) is 1.69. The molecular formula is C15H17FN5O4P. The fourth-order valence-corrected chi connectivity index (χ4v) is 3.15. The first-order chi connectivity index (χ1) is 12.3. The zero-order valence-corrected chi connectivity index (χ0v) is 14.5. The van der Waals surface area contributed by atoms with Gasteiger partial charge in [0.15, 0.2) is 23.0 Å². The monoisotopic (exact) mass is 381 g/mol. The number of ether oxygens (including phenoxy) is 1. The largest absolute Gasteiger partial charge is 0.490 e. The molecule has 2 aromatic heterocycles. The molecule has 0 bridgehead atoms. The molecule has 0 aliphatic rings. The minimum atomic E-state index is -4.24. The maximum Gasteiger partial charge on any atom is 0.329 e. The van der Waals surface area contributed by atoms with E-state index >= 15 is 0 Å². The lowest BCUT2D eigenvalue weighted by atomic mass is 10.2. The molecule has 0 aliphatic heterocycles. The Balaban J connectivity index is 1.56. The number of benzene rings is 1. The summed E-state index contributed by atoms with van der Waals surface area (Å²) in [7, 11) is -4.24. The molecule has 3 aromatic rings. The van der Waals surface area contributed by atoms with Crippen molar-refractivity contribution in [3.8, 4) is 5.75 Å². The van der Waals surface area contributed by atoms with Gasteiger partial charge < -0.3 is 24.8 Å². The third-order valence-corrected chi connectivity index (χ3v) is 4.39. The molecule has 4 N–H and O–H groups in total. The Kier molecular flexibility index (Phi) is 5.17. The molecular weight excluding hydrogens is 364 g/mol. The molecule has 0 radical (unpaired) electrons. The van der Waals surface area contributed by atoms with Gasteiger partial charge in [-0.15, -0.1) is 0 Å².